The fourth-order valence-corrected chi connectivity index (χ4v) is 1.21. The van der Waals surface area contributed by atoms with E-state index < -0.39 is 6.04 Å². The van der Waals surface area contributed by atoms with Crippen LogP contribution < -0.4 is 5.73 Å². The van der Waals surface area contributed by atoms with E-state index in [1.807, 2.05) is 0 Å². The zero-order valence-corrected chi connectivity index (χ0v) is 9.43. The molecule has 7 nitrogen and oxygen atoms in total. The number of H-pyrrole nitrogens is 1. The molecule has 1 atom stereocenters. The van der Waals surface area contributed by atoms with E-state index >= 15 is 0 Å². The van der Waals surface area contributed by atoms with E-state index in [9.17, 15) is 4.79 Å². The molecule has 16 heavy (non-hydrogen) atoms. The van der Waals surface area contributed by atoms with Gasteiger partial charge in [0.15, 0.2) is 5.84 Å². The molecule has 1 unspecified atom stereocenters. The van der Waals surface area contributed by atoms with E-state index in [1.165, 1.54) is 11.1 Å². The van der Waals surface area contributed by atoms with Crippen LogP contribution in [0.15, 0.2) is 11.4 Å². The monoisotopic (exact) mass is 225 g/mol. The Morgan fingerprint density at radius 1 is 1.75 bits per heavy atom. The molecular weight excluding hydrogens is 210 g/mol. The quantitative estimate of drug-likeness (QED) is 0.289. The van der Waals surface area contributed by atoms with Gasteiger partial charge >= 0.3 is 0 Å². The maximum absolute atomic E-state index is 12.0. The van der Waals surface area contributed by atoms with Crippen molar-refractivity contribution < 1.29 is 10.0 Å². The average Bonchev–Trinajstić information content (AvgIpc) is 2.71. The maximum Gasteiger partial charge on any atom is 0.257 e. The predicted octanol–water partition coefficient (Wildman–Crippen LogP) is -0.0750. The van der Waals surface area contributed by atoms with Gasteiger partial charge in [-0.2, -0.15) is 5.10 Å². The number of aromatic nitrogens is 2. The van der Waals surface area contributed by atoms with Crippen LogP contribution in [0.3, 0.4) is 0 Å². The zero-order chi connectivity index (χ0) is 12.3. The van der Waals surface area contributed by atoms with Crippen LogP contribution in [-0.4, -0.2) is 45.1 Å². The van der Waals surface area contributed by atoms with Gasteiger partial charge in [-0.05, 0) is 13.8 Å². The Balaban J connectivity index is 2.87. The van der Waals surface area contributed by atoms with Crippen LogP contribution >= 0.6 is 0 Å². The Bertz CT molecular complexity index is 412. The number of nitrogens with two attached hydrogens (primary N) is 1. The van der Waals surface area contributed by atoms with Gasteiger partial charge in [0.25, 0.3) is 5.91 Å². The molecule has 0 spiro atoms. The van der Waals surface area contributed by atoms with Gasteiger partial charge in [-0.15, -0.1) is 0 Å². The summed E-state index contributed by atoms with van der Waals surface area (Å²) in [5, 5.41) is 17.8. The predicted molar refractivity (Wildman–Crippen MR) is 58.3 cm³/mol. The van der Waals surface area contributed by atoms with E-state index in [4.69, 9.17) is 10.9 Å². The third-order valence-electron chi connectivity index (χ3n) is 2.51. The van der Waals surface area contributed by atoms with Gasteiger partial charge in [-0.1, -0.05) is 5.16 Å². The first kappa shape index (κ1) is 12.0. The normalized spacial score (nSPS) is 13.6. The van der Waals surface area contributed by atoms with Gasteiger partial charge in [0.05, 0.1) is 17.8 Å². The summed E-state index contributed by atoms with van der Waals surface area (Å²) < 4.78 is 0. The number of hydrogen-bond donors (Lipinski definition) is 3. The molecule has 1 heterocycles. The molecule has 0 saturated heterocycles. The summed E-state index contributed by atoms with van der Waals surface area (Å²) in [5.74, 6) is -0.248. The lowest BCUT2D eigenvalue weighted by molar-refractivity contribution is 0.0775. The fourth-order valence-electron chi connectivity index (χ4n) is 1.21. The minimum absolute atomic E-state index is 0.0167. The fraction of sp³-hybridized carbons (Fsp3) is 0.444. The lowest BCUT2D eigenvalue weighted by Crippen LogP contribution is -2.43. The summed E-state index contributed by atoms with van der Waals surface area (Å²) in [6.45, 7) is 3.42. The lowest BCUT2D eigenvalue weighted by Gasteiger charge is -2.23. The molecule has 0 aliphatic rings. The number of aromatic amines is 1. The highest BCUT2D eigenvalue weighted by Gasteiger charge is 2.22. The van der Waals surface area contributed by atoms with Crippen LogP contribution in [0.1, 0.15) is 23.0 Å². The third kappa shape index (κ3) is 2.13. The minimum Gasteiger partial charge on any atom is -0.409 e. The van der Waals surface area contributed by atoms with Crippen molar-refractivity contribution in [3.05, 3.63) is 17.5 Å². The van der Waals surface area contributed by atoms with E-state index in [2.05, 4.69) is 15.4 Å². The lowest BCUT2D eigenvalue weighted by atomic mass is 10.2. The second kappa shape index (κ2) is 4.65. The largest absolute Gasteiger partial charge is 0.409 e. The Hall–Kier alpha value is -2.05. The molecule has 0 radical (unpaired) electrons. The van der Waals surface area contributed by atoms with Crippen molar-refractivity contribution in [1.82, 2.24) is 15.1 Å². The molecule has 0 aliphatic carbocycles. The van der Waals surface area contributed by atoms with Crippen LogP contribution in [0.25, 0.3) is 0 Å². The molecule has 0 saturated carbocycles. The SMILES string of the molecule is Cc1[nH]ncc1C(=O)N(C)C(C)C(N)=NO. The second-order valence-electron chi connectivity index (χ2n) is 3.53. The van der Waals surface area contributed by atoms with Crippen LogP contribution in [0.2, 0.25) is 0 Å². The molecule has 88 valence electrons. The molecule has 0 bridgehead atoms. The summed E-state index contributed by atoms with van der Waals surface area (Å²) in [6.07, 6.45) is 1.45. The third-order valence-corrected chi connectivity index (χ3v) is 2.51. The smallest absolute Gasteiger partial charge is 0.257 e. The molecule has 1 aromatic rings. The number of carbonyl (C=O) groups is 1. The maximum atomic E-state index is 12.0. The van der Waals surface area contributed by atoms with Gasteiger partial charge < -0.3 is 15.8 Å². The van der Waals surface area contributed by atoms with E-state index in [0.717, 1.165) is 0 Å². The molecule has 1 rings (SSSR count). The molecule has 7 heteroatoms. The highest BCUT2D eigenvalue weighted by Crippen LogP contribution is 2.08. The van der Waals surface area contributed by atoms with Crippen molar-refractivity contribution in [3.63, 3.8) is 0 Å². The van der Waals surface area contributed by atoms with E-state index in [-0.39, 0.29) is 11.7 Å². The van der Waals surface area contributed by atoms with Crippen molar-refractivity contribution in [3.8, 4) is 0 Å². The molecular formula is C9H15N5O2. The molecule has 4 N–H and O–H groups in total. The average molecular weight is 225 g/mol. The van der Waals surface area contributed by atoms with Gasteiger partial charge in [-0.25, -0.2) is 0 Å². The number of rotatable bonds is 3. The van der Waals surface area contributed by atoms with E-state index in [1.54, 1.807) is 20.9 Å². The first-order chi connectivity index (χ1) is 7.49. The number of carbonyl (C=O) groups excluding carboxylic acids is 1. The Morgan fingerprint density at radius 2 is 2.38 bits per heavy atom. The minimum atomic E-state index is -0.480. The van der Waals surface area contributed by atoms with Crippen LogP contribution in [0, 0.1) is 6.92 Å². The molecule has 1 aromatic heterocycles. The summed E-state index contributed by atoms with van der Waals surface area (Å²) in [5.41, 5.74) is 6.59. The molecule has 0 fully saturated rings. The number of hydrogen-bond acceptors (Lipinski definition) is 4. The van der Waals surface area contributed by atoms with Crippen molar-refractivity contribution >= 4 is 11.7 Å². The number of oxime groups is 1. The van der Waals surface area contributed by atoms with Crippen molar-refractivity contribution in [2.45, 2.75) is 19.9 Å². The number of likely N-dealkylation sites (N-methyl/N-ethyl adjacent to an activating group) is 1. The Morgan fingerprint density at radius 3 is 2.81 bits per heavy atom. The van der Waals surface area contributed by atoms with Gasteiger partial charge in [0, 0.05) is 12.7 Å². The Labute approximate surface area is 92.9 Å². The van der Waals surface area contributed by atoms with Gasteiger partial charge in [-0.3, -0.25) is 9.89 Å². The van der Waals surface area contributed by atoms with Crippen LogP contribution in [0.4, 0.5) is 0 Å². The van der Waals surface area contributed by atoms with E-state index in [0.29, 0.717) is 11.3 Å². The standard InChI is InChI=1S/C9H15N5O2/c1-5-7(4-11-12-5)9(15)14(3)6(2)8(10)13-16/h4,6,16H,1-3H3,(H2,10,13)(H,11,12). The second-order valence-corrected chi connectivity index (χ2v) is 3.53. The number of aryl methyl sites for hydroxylation is 1. The first-order valence-electron chi connectivity index (χ1n) is 4.73. The first-order valence-corrected chi connectivity index (χ1v) is 4.73. The highest BCUT2D eigenvalue weighted by molar-refractivity contribution is 5.98. The van der Waals surface area contributed by atoms with Crippen LogP contribution in [-0.2, 0) is 0 Å². The molecule has 0 aliphatic heterocycles. The molecule has 0 aromatic carbocycles. The van der Waals surface area contributed by atoms with Gasteiger partial charge in [0.2, 0.25) is 0 Å². The topological polar surface area (TPSA) is 108 Å². The summed E-state index contributed by atoms with van der Waals surface area (Å²) in [7, 11) is 1.58. The number of nitrogens with zero attached hydrogens (tertiary/aromatic N) is 3. The van der Waals surface area contributed by atoms with Crippen molar-refractivity contribution in [2.24, 2.45) is 10.9 Å². The van der Waals surface area contributed by atoms with Crippen LogP contribution in [0.5, 0.6) is 0 Å². The van der Waals surface area contributed by atoms with Gasteiger partial charge in [0.1, 0.15) is 0 Å². The number of amidine groups is 1. The number of amides is 1. The number of nitrogens with one attached hydrogen (secondary N) is 1. The summed E-state index contributed by atoms with van der Waals surface area (Å²) in [6, 6.07) is -0.480. The Kier molecular flexibility index (Phi) is 3.49. The molecule has 1 amide bonds. The van der Waals surface area contributed by atoms with Crippen molar-refractivity contribution in [2.75, 3.05) is 7.05 Å². The summed E-state index contributed by atoms with van der Waals surface area (Å²) in [4.78, 5) is 13.3. The highest BCUT2D eigenvalue weighted by atomic mass is 16.4. The zero-order valence-electron chi connectivity index (χ0n) is 9.43. The summed E-state index contributed by atoms with van der Waals surface area (Å²) >= 11 is 0. The van der Waals surface area contributed by atoms with Crippen molar-refractivity contribution in [1.29, 1.82) is 0 Å².